The van der Waals surface area contributed by atoms with Crippen LogP contribution in [0.4, 0.5) is 23.7 Å². The number of piperidine rings is 1. The Kier molecular flexibility index (Phi) is 7.99. The van der Waals surface area contributed by atoms with Crippen LogP contribution in [-0.2, 0) is 4.79 Å². The lowest BCUT2D eigenvalue weighted by Crippen LogP contribution is -2.38. The summed E-state index contributed by atoms with van der Waals surface area (Å²) < 4.78 is 38.9. The van der Waals surface area contributed by atoms with Crippen LogP contribution in [0.3, 0.4) is 0 Å². The number of amides is 3. The van der Waals surface area contributed by atoms with Crippen molar-refractivity contribution in [3.8, 4) is 11.3 Å². The van der Waals surface area contributed by atoms with Crippen LogP contribution in [0.1, 0.15) is 25.3 Å². The highest BCUT2D eigenvalue weighted by Gasteiger charge is 2.27. The summed E-state index contributed by atoms with van der Waals surface area (Å²) >= 11 is 0. The molecule has 0 bridgehead atoms. The Morgan fingerprint density at radius 2 is 1.97 bits per heavy atom. The molecular weight excluding hydrogens is 499 g/mol. The van der Waals surface area contributed by atoms with E-state index in [1.165, 1.54) is 6.20 Å². The van der Waals surface area contributed by atoms with Crippen molar-refractivity contribution in [2.24, 2.45) is 10.7 Å². The van der Waals surface area contributed by atoms with Crippen LogP contribution in [-0.4, -0.2) is 64.3 Å². The van der Waals surface area contributed by atoms with Crippen LogP contribution in [0.5, 0.6) is 0 Å². The smallest absolute Gasteiger partial charge is 0.404 e. The Morgan fingerprint density at radius 3 is 2.66 bits per heavy atom. The summed E-state index contributed by atoms with van der Waals surface area (Å²) in [4.78, 5) is 34.3. The second-order valence-corrected chi connectivity index (χ2v) is 8.93. The fraction of sp³-hybridized carbons (Fsp3) is 0.308. The highest BCUT2D eigenvalue weighted by atomic mass is 19.4. The minimum atomic E-state index is -4.49. The molecule has 4 N–H and O–H groups in total. The summed E-state index contributed by atoms with van der Waals surface area (Å²) in [5.74, 6) is 0.0803. The monoisotopic (exact) mass is 527 g/mol. The number of hydrogen-bond donors (Lipinski definition) is 3. The predicted octanol–water partition coefficient (Wildman–Crippen LogP) is 4.07. The summed E-state index contributed by atoms with van der Waals surface area (Å²) in [6.07, 6.45) is 3.86. The van der Waals surface area contributed by atoms with Gasteiger partial charge < -0.3 is 21.3 Å². The highest BCUT2D eigenvalue weighted by molar-refractivity contribution is 6.10. The lowest BCUT2D eigenvalue weighted by Gasteiger charge is -2.29. The summed E-state index contributed by atoms with van der Waals surface area (Å²) in [5, 5.41) is 4.19. The van der Waals surface area contributed by atoms with E-state index in [2.05, 4.69) is 15.3 Å². The number of urea groups is 1. The van der Waals surface area contributed by atoms with Crippen molar-refractivity contribution >= 4 is 35.1 Å². The number of fused-ring (bicyclic) bond motifs is 1. The second kappa shape index (κ2) is 11.4. The Labute approximate surface area is 217 Å². The molecule has 1 fully saturated rings. The van der Waals surface area contributed by atoms with E-state index in [-0.39, 0.29) is 11.9 Å². The lowest BCUT2D eigenvalue weighted by atomic mass is 10.1. The quantitative estimate of drug-likeness (QED) is 0.419. The zero-order valence-electron chi connectivity index (χ0n) is 20.7. The molecule has 3 heterocycles. The van der Waals surface area contributed by atoms with Crippen LogP contribution < -0.4 is 16.4 Å². The van der Waals surface area contributed by atoms with Gasteiger partial charge in [0, 0.05) is 55.4 Å². The third kappa shape index (κ3) is 6.69. The van der Waals surface area contributed by atoms with Gasteiger partial charge in [-0.15, -0.1) is 0 Å². The van der Waals surface area contributed by atoms with Crippen LogP contribution in [0.15, 0.2) is 60.0 Å². The molecule has 200 valence electrons. The van der Waals surface area contributed by atoms with Gasteiger partial charge in [-0.1, -0.05) is 12.1 Å². The molecule has 0 spiro atoms. The highest BCUT2D eigenvalue weighted by Crippen LogP contribution is 2.25. The number of carbonyl (C=O) groups is 2. The molecule has 3 amide bonds. The molecule has 12 heteroatoms. The maximum atomic E-state index is 12.3. The first kappa shape index (κ1) is 26.7. The molecule has 0 aliphatic carbocycles. The van der Waals surface area contributed by atoms with Crippen molar-refractivity contribution in [3.05, 3.63) is 60.6 Å². The van der Waals surface area contributed by atoms with Crippen LogP contribution >= 0.6 is 0 Å². The van der Waals surface area contributed by atoms with E-state index in [0.717, 1.165) is 29.7 Å². The van der Waals surface area contributed by atoms with Gasteiger partial charge in [-0.05, 0) is 42.7 Å². The molecule has 0 saturated carbocycles. The Balaban J connectivity index is 1.47. The number of hydrogen-bond acceptors (Lipinski definition) is 5. The van der Waals surface area contributed by atoms with Crippen molar-refractivity contribution in [1.82, 2.24) is 19.6 Å². The number of carbonyl (C=O) groups excluding carboxylic acids is 2. The number of nitrogens with one attached hydrogen (secondary N) is 2. The summed E-state index contributed by atoms with van der Waals surface area (Å²) in [6, 6.07) is 9.67. The number of rotatable bonds is 6. The topological polar surface area (TPSA) is 117 Å². The molecule has 0 unspecified atom stereocenters. The number of allylic oxidation sites excluding steroid dienone is 1. The number of nitrogens with zero attached hydrogens (tertiary/aromatic N) is 4. The molecule has 3 aromatic rings. The van der Waals surface area contributed by atoms with E-state index in [1.807, 2.05) is 33.7 Å². The average Bonchev–Trinajstić information content (AvgIpc) is 3.31. The normalized spacial score (nSPS) is 15.3. The van der Waals surface area contributed by atoms with Gasteiger partial charge in [0.2, 0.25) is 5.91 Å². The van der Waals surface area contributed by atoms with Gasteiger partial charge in [0.1, 0.15) is 12.2 Å². The minimum Gasteiger partial charge on any atom is -0.404 e. The molecule has 9 nitrogen and oxygen atoms in total. The Bertz CT molecular complexity index is 1370. The first-order chi connectivity index (χ1) is 18.1. The van der Waals surface area contributed by atoms with Crippen LogP contribution in [0, 0.1) is 0 Å². The van der Waals surface area contributed by atoms with Gasteiger partial charge in [-0.3, -0.25) is 14.2 Å². The van der Waals surface area contributed by atoms with Gasteiger partial charge in [-0.25, -0.2) is 9.78 Å². The van der Waals surface area contributed by atoms with Crippen LogP contribution in [0.2, 0.25) is 0 Å². The first-order valence-electron chi connectivity index (χ1n) is 12.0. The standard InChI is InChI=1S/C26H28F3N7O2/c1-17(37)35-8-6-21(7-9-35)31-14-20(13-30)18-5-10-36-23(15-32-24(36)12-18)19-3-2-4-22(11-19)34-25(38)33-16-26(27,28)29/h2-5,10-15,21H,6-9,16,30H2,1H3,(H2,33,34,38). The number of likely N-dealkylation sites (tertiary alicyclic amines) is 1. The van der Waals surface area contributed by atoms with E-state index >= 15 is 0 Å². The lowest BCUT2D eigenvalue weighted by molar-refractivity contribution is -0.129. The third-order valence-electron chi connectivity index (χ3n) is 6.23. The maximum absolute atomic E-state index is 12.3. The number of aromatic nitrogens is 2. The largest absolute Gasteiger partial charge is 0.405 e. The summed E-state index contributed by atoms with van der Waals surface area (Å²) in [5.41, 5.74) is 9.90. The zero-order valence-corrected chi connectivity index (χ0v) is 20.7. The molecule has 4 rings (SSSR count). The van der Waals surface area contributed by atoms with Crippen molar-refractivity contribution < 1.29 is 22.8 Å². The summed E-state index contributed by atoms with van der Waals surface area (Å²) in [6.45, 7) is 1.54. The van der Waals surface area contributed by atoms with E-state index < -0.39 is 18.8 Å². The number of nitrogens with two attached hydrogens (primary N) is 1. The average molecular weight is 528 g/mol. The molecule has 1 aromatic carbocycles. The minimum absolute atomic E-state index is 0.0803. The SMILES string of the molecule is CC(=O)N1CCC(N=CC(=CN)c2ccn3c(-c4cccc(NC(=O)NCC(F)(F)F)c4)cnc3c2)CC1. The number of aliphatic imine (C=N–C) groups is 1. The third-order valence-corrected chi connectivity index (χ3v) is 6.23. The van der Waals surface area contributed by atoms with E-state index in [4.69, 9.17) is 5.73 Å². The number of alkyl halides is 3. The summed E-state index contributed by atoms with van der Waals surface area (Å²) in [7, 11) is 0. The number of imidazole rings is 1. The maximum Gasteiger partial charge on any atom is 0.405 e. The van der Waals surface area contributed by atoms with Gasteiger partial charge in [0.25, 0.3) is 0 Å². The van der Waals surface area contributed by atoms with Crippen LogP contribution in [0.25, 0.3) is 22.5 Å². The molecule has 0 atom stereocenters. The Hall–Kier alpha value is -4.35. The molecule has 0 radical (unpaired) electrons. The second-order valence-electron chi connectivity index (χ2n) is 8.93. The van der Waals surface area contributed by atoms with Crippen molar-refractivity contribution in [3.63, 3.8) is 0 Å². The van der Waals surface area contributed by atoms with Crippen molar-refractivity contribution in [1.29, 1.82) is 0 Å². The molecule has 1 aliphatic heterocycles. The fourth-order valence-electron chi connectivity index (χ4n) is 4.22. The van der Waals surface area contributed by atoms with Gasteiger partial charge >= 0.3 is 12.2 Å². The fourth-order valence-corrected chi connectivity index (χ4v) is 4.22. The van der Waals surface area contributed by atoms with Crippen molar-refractivity contribution in [2.75, 3.05) is 25.0 Å². The van der Waals surface area contributed by atoms with E-state index in [1.54, 1.807) is 42.9 Å². The molecule has 38 heavy (non-hydrogen) atoms. The van der Waals surface area contributed by atoms with Crippen molar-refractivity contribution in [2.45, 2.75) is 32.0 Å². The zero-order chi connectivity index (χ0) is 27.3. The molecule has 1 saturated heterocycles. The molecular formula is C26H28F3N7O2. The first-order valence-corrected chi connectivity index (χ1v) is 12.0. The molecule has 1 aliphatic rings. The van der Waals surface area contributed by atoms with Gasteiger partial charge in [0.15, 0.2) is 0 Å². The number of pyridine rings is 1. The Morgan fingerprint density at radius 1 is 1.21 bits per heavy atom. The number of anilines is 1. The predicted molar refractivity (Wildman–Crippen MR) is 140 cm³/mol. The molecule has 2 aromatic heterocycles. The van der Waals surface area contributed by atoms with Gasteiger partial charge in [-0.2, -0.15) is 13.2 Å². The van der Waals surface area contributed by atoms with E-state index in [9.17, 15) is 22.8 Å². The number of benzene rings is 1. The number of halogens is 3. The van der Waals surface area contributed by atoms with Gasteiger partial charge in [0.05, 0.1) is 17.9 Å². The van der Waals surface area contributed by atoms with E-state index in [0.29, 0.717) is 30.0 Å².